The number of amides is 1. The Bertz CT molecular complexity index is 860. The molecule has 1 aliphatic carbocycles. The molecule has 7 heteroatoms. The fourth-order valence-electron chi connectivity index (χ4n) is 4.03. The molecule has 1 saturated carbocycles. The number of benzene rings is 1. The molecule has 1 aromatic carbocycles. The van der Waals surface area contributed by atoms with E-state index in [9.17, 15) is 4.79 Å². The van der Waals surface area contributed by atoms with Crippen LogP contribution in [0.2, 0.25) is 0 Å². The number of nitrogens with zero attached hydrogens (tertiary/aromatic N) is 2. The minimum absolute atomic E-state index is 0.0361. The van der Waals surface area contributed by atoms with E-state index < -0.39 is 0 Å². The van der Waals surface area contributed by atoms with Gasteiger partial charge in [-0.1, -0.05) is 37.1 Å². The highest BCUT2D eigenvalue weighted by molar-refractivity contribution is 7.99. The third-order valence-electron chi connectivity index (χ3n) is 5.81. The number of ether oxygens (including phenoxy) is 2. The predicted molar refractivity (Wildman–Crippen MR) is 121 cm³/mol. The molecule has 0 aliphatic heterocycles. The van der Waals surface area contributed by atoms with Crippen LogP contribution in [-0.2, 0) is 11.2 Å². The normalized spacial score (nSPS) is 14.5. The number of rotatable bonds is 9. The number of hydrogen-bond acceptors (Lipinski definition) is 5. The van der Waals surface area contributed by atoms with E-state index in [1.54, 1.807) is 26.0 Å². The van der Waals surface area contributed by atoms with Gasteiger partial charge in [0, 0.05) is 18.3 Å². The Balaban J connectivity index is 1.51. The van der Waals surface area contributed by atoms with E-state index >= 15 is 0 Å². The number of imidazole rings is 1. The lowest BCUT2D eigenvalue weighted by molar-refractivity contribution is -0.118. The maximum absolute atomic E-state index is 12.4. The summed E-state index contributed by atoms with van der Waals surface area (Å²) in [5, 5.41) is 4.00. The summed E-state index contributed by atoms with van der Waals surface area (Å²) < 4.78 is 13.0. The highest BCUT2D eigenvalue weighted by Crippen LogP contribution is 2.34. The first-order chi connectivity index (χ1) is 14.5. The third kappa shape index (κ3) is 5.50. The van der Waals surface area contributed by atoms with Crippen molar-refractivity contribution in [3.05, 3.63) is 35.2 Å². The molecule has 1 aromatic heterocycles. The molecule has 0 radical (unpaired) electrons. The Kier molecular flexibility index (Phi) is 8.08. The zero-order valence-electron chi connectivity index (χ0n) is 18.5. The van der Waals surface area contributed by atoms with E-state index in [2.05, 4.69) is 23.7 Å². The maximum atomic E-state index is 12.4. The Morgan fingerprint density at radius 3 is 2.60 bits per heavy atom. The SMILES string of the molecule is COc1ccc(CCNC(=O)CSc2nc(C)c(C)n2C2CCCCC2)cc1OC. The lowest BCUT2D eigenvalue weighted by Gasteiger charge is -2.26. The quantitative estimate of drug-likeness (QED) is 0.593. The van der Waals surface area contributed by atoms with Gasteiger partial charge in [0.05, 0.1) is 25.7 Å². The highest BCUT2D eigenvalue weighted by Gasteiger charge is 2.22. The van der Waals surface area contributed by atoms with E-state index in [0.29, 0.717) is 29.8 Å². The smallest absolute Gasteiger partial charge is 0.230 e. The lowest BCUT2D eigenvalue weighted by atomic mass is 9.95. The van der Waals surface area contributed by atoms with Crippen LogP contribution in [-0.4, -0.2) is 42.0 Å². The van der Waals surface area contributed by atoms with Gasteiger partial charge in [-0.05, 0) is 50.8 Å². The van der Waals surface area contributed by atoms with Crippen molar-refractivity contribution in [1.82, 2.24) is 14.9 Å². The van der Waals surface area contributed by atoms with Crippen molar-refractivity contribution in [1.29, 1.82) is 0 Å². The summed E-state index contributed by atoms with van der Waals surface area (Å²) in [5.74, 6) is 1.83. The van der Waals surface area contributed by atoms with Crippen molar-refractivity contribution >= 4 is 17.7 Å². The zero-order valence-corrected chi connectivity index (χ0v) is 19.3. The van der Waals surface area contributed by atoms with Crippen LogP contribution in [0.15, 0.2) is 23.4 Å². The van der Waals surface area contributed by atoms with Crippen LogP contribution >= 0.6 is 11.8 Å². The van der Waals surface area contributed by atoms with E-state index in [4.69, 9.17) is 14.5 Å². The van der Waals surface area contributed by atoms with Gasteiger partial charge in [0.2, 0.25) is 5.91 Å². The third-order valence-corrected chi connectivity index (χ3v) is 6.76. The average molecular weight is 432 g/mol. The fourth-order valence-corrected chi connectivity index (χ4v) is 5.02. The maximum Gasteiger partial charge on any atom is 0.230 e. The predicted octanol–water partition coefficient (Wildman–Crippen LogP) is 4.47. The standard InChI is InChI=1S/C23H33N3O3S/c1-16-17(2)26(19-8-6-5-7-9-19)23(25-16)30-15-22(27)24-13-12-18-10-11-20(28-3)21(14-18)29-4/h10-11,14,19H,5-9,12-13,15H2,1-4H3,(H,24,27). The second-order valence-electron chi connectivity index (χ2n) is 7.80. The Morgan fingerprint density at radius 1 is 1.17 bits per heavy atom. The van der Waals surface area contributed by atoms with Gasteiger partial charge in [-0.3, -0.25) is 4.79 Å². The number of nitrogens with one attached hydrogen (secondary N) is 1. The summed E-state index contributed by atoms with van der Waals surface area (Å²) in [5.41, 5.74) is 3.40. The highest BCUT2D eigenvalue weighted by atomic mass is 32.2. The van der Waals surface area contributed by atoms with Crippen LogP contribution in [0, 0.1) is 13.8 Å². The fraction of sp³-hybridized carbons (Fsp3) is 0.565. The molecule has 164 valence electrons. The summed E-state index contributed by atoms with van der Waals surface area (Å²) >= 11 is 1.54. The molecule has 1 aliphatic rings. The number of aromatic nitrogens is 2. The molecule has 0 saturated heterocycles. The summed E-state index contributed by atoms with van der Waals surface area (Å²) in [7, 11) is 3.25. The van der Waals surface area contributed by atoms with Crippen LogP contribution in [0.25, 0.3) is 0 Å². The zero-order chi connectivity index (χ0) is 21.5. The molecule has 0 atom stereocenters. The van der Waals surface area contributed by atoms with Gasteiger partial charge in [0.25, 0.3) is 0 Å². The van der Waals surface area contributed by atoms with Crippen molar-refractivity contribution in [2.24, 2.45) is 0 Å². The lowest BCUT2D eigenvalue weighted by Crippen LogP contribution is -2.27. The molecule has 1 amide bonds. The molecule has 30 heavy (non-hydrogen) atoms. The molecular formula is C23H33N3O3S. The van der Waals surface area contributed by atoms with Gasteiger partial charge >= 0.3 is 0 Å². The van der Waals surface area contributed by atoms with Crippen LogP contribution in [0.4, 0.5) is 0 Å². The largest absolute Gasteiger partial charge is 0.493 e. The monoisotopic (exact) mass is 431 g/mol. The first-order valence-corrected chi connectivity index (χ1v) is 11.7. The van der Waals surface area contributed by atoms with E-state index in [1.807, 2.05) is 18.2 Å². The van der Waals surface area contributed by atoms with Crippen molar-refractivity contribution < 1.29 is 14.3 Å². The Hall–Kier alpha value is -2.15. The second-order valence-corrected chi connectivity index (χ2v) is 8.75. The number of thioether (sulfide) groups is 1. The molecule has 1 N–H and O–H groups in total. The molecule has 1 fully saturated rings. The molecule has 6 nitrogen and oxygen atoms in total. The van der Waals surface area contributed by atoms with Gasteiger partial charge in [-0.2, -0.15) is 0 Å². The molecule has 3 rings (SSSR count). The van der Waals surface area contributed by atoms with Crippen LogP contribution in [0.3, 0.4) is 0 Å². The number of aryl methyl sites for hydroxylation is 1. The minimum atomic E-state index is 0.0361. The van der Waals surface area contributed by atoms with E-state index in [0.717, 1.165) is 22.8 Å². The summed E-state index contributed by atoms with van der Waals surface area (Å²) in [6.07, 6.45) is 7.05. The molecular weight excluding hydrogens is 398 g/mol. The summed E-state index contributed by atoms with van der Waals surface area (Å²) in [6, 6.07) is 6.36. The van der Waals surface area contributed by atoms with Crippen molar-refractivity contribution in [3.8, 4) is 11.5 Å². The van der Waals surface area contributed by atoms with Crippen LogP contribution < -0.4 is 14.8 Å². The molecule has 0 spiro atoms. The first-order valence-electron chi connectivity index (χ1n) is 10.7. The minimum Gasteiger partial charge on any atom is -0.493 e. The van der Waals surface area contributed by atoms with Crippen molar-refractivity contribution in [2.45, 2.75) is 63.6 Å². The van der Waals surface area contributed by atoms with Crippen molar-refractivity contribution in [2.75, 3.05) is 26.5 Å². The molecule has 0 bridgehead atoms. The molecule has 1 heterocycles. The van der Waals surface area contributed by atoms with Gasteiger partial charge in [-0.15, -0.1) is 0 Å². The van der Waals surface area contributed by atoms with E-state index in [1.165, 1.54) is 37.8 Å². The number of hydrogen-bond donors (Lipinski definition) is 1. The summed E-state index contributed by atoms with van der Waals surface area (Å²) in [6.45, 7) is 4.79. The van der Waals surface area contributed by atoms with Gasteiger partial charge in [-0.25, -0.2) is 4.98 Å². The molecule has 2 aromatic rings. The van der Waals surface area contributed by atoms with Gasteiger partial charge in [0.1, 0.15) is 0 Å². The number of carbonyl (C=O) groups is 1. The second kappa shape index (κ2) is 10.8. The van der Waals surface area contributed by atoms with Crippen molar-refractivity contribution in [3.63, 3.8) is 0 Å². The number of methoxy groups -OCH3 is 2. The van der Waals surface area contributed by atoms with Crippen LogP contribution in [0.5, 0.6) is 11.5 Å². The molecule has 0 unspecified atom stereocenters. The average Bonchev–Trinajstić information content (AvgIpc) is 3.06. The van der Waals surface area contributed by atoms with E-state index in [-0.39, 0.29) is 5.91 Å². The van der Waals surface area contributed by atoms with Gasteiger partial charge < -0.3 is 19.4 Å². The Morgan fingerprint density at radius 2 is 1.90 bits per heavy atom. The first kappa shape index (κ1) is 22.5. The van der Waals surface area contributed by atoms with Gasteiger partial charge in [0.15, 0.2) is 16.7 Å². The summed E-state index contributed by atoms with van der Waals surface area (Å²) in [4.78, 5) is 17.1. The Labute approximate surface area is 183 Å². The van der Waals surface area contributed by atoms with Crippen LogP contribution in [0.1, 0.15) is 55.1 Å². The number of carbonyl (C=O) groups excluding carboxylic acids is 1. The topological polar surface area (TPSA) is 65.4 Å².